The van der Waals surface area contributed by atoms with Gasteiger partial charge < -0.3 is 28.7 Å². The van der Waals surface area contributed by atoms with Crippen molar-refractivity contribution in [2.75, 3.05) is 62.4 Å². The van der Waals surface area contributed by atoms with Gasteiger partial charge in [-0.15, -0.1) is 0 Å². The highest BCUT2D eigenvalue weighted by Crippen LogP contribution is 2.32. The van der Waals surface area contributed by atoms with Gasteiger partial charge in [-0.3, -0.25) is 0 Å². The molecule has 0 atom stereocenters. The van der Waals surface area contributed by atoms with Gasteiger partial charge in [0.2, 0.25) is 0 Å². The van der Waals surface area contributed by atoms with E-state index in [0.29, 0.717) is 26.4 Å². The molecule has 2 aromatic heterocycles. The number of anilines is 2. The van der Waals surface area contributed by atoms with Gasteiger partial charge in [-0.1, -0.05) is 0 Å². The van der Waals surface area contributed by atoms with Gasteiger partial charge in [0.25, 0.3) is 0 Å². The minimum atomic E-state index is 0.607. The Kier molecular flexibility index (Phi) is 10.2. The lowest BCUT2D eigenvalue weighted by Gasteiger charge is -2.23. The lowest BCUT2D eigenvalue weighted by atomic mass is 10.1. The van der Waals surface area contributed by atoms with Crippen molar-refractivity contribution in [2.24, 2.45) is 0 Å². The zero-order valence-corrected chi connectivity index (χ0v) is 25.7. The third-order valence-electron chi connectivity index (χ3n) is 7.31. The van der Waals surface area contributed by atoms with Crippen LogP contribution in [0.3, 0.4) is 0 Å². The Bertz CT molecular complexity index is 1300. The van der Waals surface area contributed by atoms with Gasteiger partial charge in [0, 0.05) is 61.8 Å². The van der Waals surface area contributed by atoms with Crippen molar-refractivity contribution >= 4 is 11.6 Å². The second-order valence-corrected chi connectivity index (χ2v) is 10.3. The molecule has 43 heavy (non-hydrogen) atoms. The fourth-order valence-corrected chi connectivity index (χ4v) is 5.34. The number of hydrogen-bond donors (Lipinski definition) is 0. The van der Waals surface area contributed by atoms with Crippen LogP contribution in [0.25, 0.3) is 22.3 Å². The molecule has 0 spiro atoms. The van der Waals surface area contributed by atoms with E-state index in [2.05, 4.69) is 34.1 Å². The summed E-state index contributed by atoms with van der Waals surface area (Å²) in [5.41, 5.74) is 4.13. The van der Waals surface area contributed by atoms with Gasteiger partial charge in [-0.2, -0.15) is 0 Å². The molecule has 5 rings (SSSR count). The standard InChI is InChI=1S/C35H42N4O4/c1-5-40-30-18-28(19-31(22-30)41-6-2)26-10-12-34(36-24-26)38-14-9-15-39(17-16-38)35-13-11-27(25-37-35)29-20-32(42-7-3)23-33(21-29)43-8-4/h10-13,18-25H,5-9,14-17H2,1-4H3. The average Bonchev–Trinajstić information content (AvgIpc) is 3.28. The molecule has 0 saturated carbocycles. The maximum atomic E-state index is 5.76. The van der Waals surface area contributed by atoms with E-state index in [4.69, 9.17) is 28.9 Å². The maximum Gasteiger partial charge on any atom is 0.128 e. The minimum absolute atomic E-state index is 0.607. The van der Waals surface area contributed by atoms with Gasteiger partial charge >= 0.3 is 0 Å². The Hall–Kier alpha value is -4.46. The summed E-state index contributed by atoms with van der Waals surface area (Å²) in [4.78, 5) is 14.4. The molecule has 0 unspecified atom stereocenters. The van der Waals surface area contributed by atoms with E-state index in [1.54, 1.807) is 0 Å². The maximum absolute atomic E-state index is 5.76. The van der Waals surface area contributed by atoms with Crippen molar-refractivity contribution in [3.8, 4) is 45.3 Å². The predicted octanol–water partition coefficient (Wildman–Crippen LogP) is 7.12. The predicted molar refractivity (Wildman–Crippen MR) is 173 cm³/mol. The largest absolute Gasteiger partial charge is 0.494 e. The molecule has 3 heterocycles. The SMILES string of the molecule is CCOc1cc(OCC)cc(-c2ccc(N3CCCN(c4ccc(-c5cc(OCC)cc(OCC)c5)cn4)CC3)nc2)c1. The number of rotatable bonds is 12. The summed E-state index contributed by atoms with van der Waals surface area (Å²) in [5.74, 6) is 5.18. The molecule has 1 fully saturated rings. The highest BCUT2D eigenvalue weighted by Gasteiger charge is 2.18. The van der Waals surface area contributed by atoms with Gasteiger partial charge in [0.1, 0.15) is 34.6 Å². The van der Waals surface area contributed by atoms with E-state index in [1.807, 2.05) is 76.5 Å². The zero-order chi connectivity index (χ0) is 30.0. The number of pyridine rings is 2. The zero-order valence-electron chi connectivity index (χ0n) is 25.7. The van der Waals surface area contributed by atoms with Gasteiger partial charge in [0.15, 0.2) is 0 Å². The molecular weight excluding hydrogens is 540 g/mol. The highest BCUT2D eigenvalue weighted by atomic mass is 16.5. The molecule has 8 nitrogen and oxygen atoms in total. The van der Waals surface area contributed by atoms with Crippen molar-refractivity contribution in [1.82, 2.24) is 9.97 Å². The topological polar surface area (TPSA) is 69.2 Å². The molecule has 1 aliphatic rings. The van der Waals surface area contributed by atoms with Crippen LogP contribution in [0.5, 0.6) is 23.0 Å². The van der Waals surface area contributed by atoms with Crippen molar-refractivity contribution in [3.63, 3.8) is 0 Å². The molecule has 0 amide bonds. The third kappa shape index (κ3) is 7.69. The van der Waals surface area contributed by atoms with Crippen LogP contribution >= 0.6 is 0 Å². The van der Waals surface area contributed by atoms with E-state index in [0.717, 1.165) is 89.5 Å². The van der Waals surface area contributed by atoms with Crippen LogP contribution in [-0.4, -0.2) is 62.6 Å². The summed E-state index contributed by atoms with van der Waals surface area (Å²) in [6.45, 7) is 14.0. The third-order valence-corrected chi connectivity index (χ3v) is 7.31. The van der Waals surface area contributed by atoms with Crippen LogP contribution in [0.1, 0.15) is 34.1 Å². The summed E-state index contributed by atoms with van der Waals surface area (Å²) in [6.07, 6.45) is 4.90. The Labute approximate surface area is 255 Å². The number of ether oxygens (including phenoxy) is 4. The Morgan fingerprint density at radius 1 is 0.488 bits per heavy atom. The van der Waals surface area contributed by atoms with Crippen molar-refractivity contribution in [2.45, 2.75) is 34.1 Å². The molecule has 0 bridgehead atoms. The van der Waals surface area contributed by atoms with Gasteiger partial charge in [0.05, 0.1) is 26.4 Å². The summed E-state index contributed by atoms with van der Waals surface area (Å²) in [5, 5.41) is 0. The van der Waals surface area contributed by atoms with Crippen LogP contribution in [0.4, 0.5) is 11.6 Å². The molecule has 1 saturated heterocycles. The summed E-state index contributed by atoms with van der Waals surface area (Å²) >= 11 is 0. The van der Waals surface area contributed by atoms with E-state index >= 15 is 0 Å². The molecule has 4 aromatic rings. The Morgan fingerprint density at radius 2 is 0.860 bits per heavy atom. The smallest absolute Gasteiger partial charge is 0.128 e. The van der Waals surface area contributed by atoms with Gasteiger partial charge in [-0.05, 0) is 93.8 Å². The first kappa shape index (κ1) is 30.0. The number of nitrogens with zero attached hydrogens (tertiary/aromatic N) is 4. The van der Waals surface area contributed by atoms with Crippen LogP contribution in [0.15, 0.2) is 73.1 Å². The molecule has 0 aliphatic carbocycles. The Balaban J connectivity index is 1.25. The number of hydrogen-bond acceptors (Lipinski definition) is 8. The first-order chi connectivity index (χ1) is 21.1. The number of aromatic nitrogens is 2. The van der Waals surface area contributed by atoms with Crippen LogP contribution in [0, 0.1) is 0 Å². The van der Waals surface area contributed by atoms with E-state index in [1.165, 1.54) is 0 Å². The summed E-state index contributed by atoms with van der Waals surface area (Å²) < 4.78 is 23.0. The molecular formula is C35H42N4O4. The lowest BCUT2D eigenvalue weighted by molar-refractivity contribution is 0.323. The summed E-state index contributed by atoms with van der Waals surface area (Å²) in [6, 6.07) is 20.5. The fraction of sp³-hybridized carbons (Fsp3) is 0.371. The minimum Gasteiger partial charge on any atom is -0.494 e. The molecule has 1 aliphatic heterocycles. The normalized spacial score (nSPS) is 13.4. The fourth-order valence-electron chi connectivity index (χ4n) is 5.34. The van der Waals surface area contributed by atoms with Crippen LogP contribution < -0.4 is 28.7 Å². The number of benzene rings is 2. The molecule has 226 valence electrons. The summed E-state index contributed by atoms with van der Waals surface area (Å²) in [7, 11) is 0. The van der Waals surface area contributed by atoms with E-state index < -0.39 is 0 Å². The quantitative estimate of drug-likeness (QED) is 0.175. The van der Waals surface area contributed by atoms with Crippen molar-refractivity contribution in [3.05, 3.63) is 73.1 Å². The monoisotopic (exact) mass is 582 g/mol. The van der Waals surface area contributed by atoms with E-state index in [-0.39, 0.29) is 0 Å². The molecule has 0 N–H and O–H groups in total. The van der Waals surface area contributed by atoms with Crippen molar-refractivity contribution < 1.29 is 18.9 Å². The second-order valence-electron chi connectivity index (χ2n) is 10.3. The van der Waals surface area contributed by atoms with Crippen LogP contribution in [-0.2, 0) is 0 Å². The molecule has 8 heteroatoms. The molecule has 2 aromatic carbocycles. The lowest BCUT2D eigenvalue weighted by Crippen LogP contribution is -2.31. The van der Waals surface area contributed by atoms with Crippen LogP contribution in [0.2, 0.25) is 0 Å². The first-order valence-corrected chi connectivity index (χ1v) is 15.3. The van der Waals surface area contributed by atoms with Gasteiger partial charge in [-0.25, -0.2) is 9.97 Å². The first-order valence-electron chi connectivity index (χ1n) is 15.3. The Morgan fingerprint density at radius 3 is 1.16 bits per heavy atom. The highest BCUT2D eigenvalue weighted by molar-refractivity contribution is 5.69. The van der Waals surface area contributed by atoms with Crippen molar-refractivity contribution in [1.29, 1.82) is 0 Å². The average molecular weight is 583 g/mol. The van der Waals surface area contributed by atoms with E-state index in [9.17, 15) is 0 Å². The second kappa shape index (κ2) is 14.6. The molecule has 0 radical (unpaired) electrons.